The Kier molecular flexibility index (Phi) is 6.59. The number of nitrogens with zero attached hydrogens (tertiary/aromatic N) is 2. The van der Waals surface area contributed by atoms with Gasteiger partial charge in [-0.05, 0) is 66.6 Å². The monoisotopic (exact) mass is 485 g/mol. The number of carbonyl (C=O) groups is 3. The number of hydrogen-bond donors (Lipinski definition) is 1. The lowest BCUT2D eigenvalue weighted by atomic mass is 10.1. The van der Waals surface area contributed by atoms with Crippen LogP contribution in [-0.4, -0.2) is 41.5 Å². The Bertz CT molecular complexity index is 1260. The zero-order chi connectivity index (χ0) is 24.4. The molecule has 0 radical (unpaired) electrons. The zero-order valence-electron chi connectivity index (χ0n) is 19.6. The molecule has 178 valence electrons. The maximum Gasteiger partial charge on any atom is 0.256 e. The molecule has 35 heavy (non-hydrogen) atoms. The van der Waals surface area contributed by atoms with Crippen molar-refractivity contribution in [2.45, 2.75) is 36.9 Å². The van der Waals surface area contributed by atoms with E-state index in [-0.39, 0.29) is 17.7 Å². The third kappa shape index (κ3) is 4.68. The van der Waals surface area contributed by atoms with E-state index in [4.69, 9.17) is 0 Å². The largest absolute Gasteiger partial charge is 0.348 e. The van der Waals surface area contributed by atoms with Crippen molar-refractivity contribution >= 4 is 35.2 Å². The maximum atomic E-state index is 13.4. The fourth-order valence-electron chi connectivity index (χ4n) is 4.74. The highest BCUT2D eigenvalue weighted by Gasteiger charge is 2.41. The second kappa shape index (κ2) is 9.96. The van der Waals surface area contributed by atoms with Crippen LogP contribution in [0.4, 0.5) is 5.69 Å². The van der Waals surface area contributed by atoms with Crippen molar-refractivity contribution < 1.29 is 14.4 Å². The summed E-state index contributed by atoms with van der Waals surface area (Å²) in [6, 6.07) is 22.3. The summed E-state index contributed by atoms with van der Waals surface area (Å²) < 4.78 is 0. The minimum absolute atomic E-state index is 0.0462. The summed E-state index contributed by atoms with van der Waals surface area (Å²) in [5, 5.41) is 2.96. The first-order valence-corrected chi connectivity index (χ1v) is 13.0. The predicted molar refractivity (Wildman–Crippen MR) is 138 cm³/mol. The van der Waals surface area contributed by atoms with Gasteiger partial charge in [0.05, 0.1) is 17.8 Å². The zero-order valence-corrected chi connectivity index (χ0v) is 20.4. The van der Waals surface area contributed by atoms with Gasteiger partial charge in [-0.2, -0.15) is 0 Å². The summed E-state index contributed by atoms with van der Waals surface area (Å²) >= 11 is 1.68. The van der Waals surface area contributed by atoms with Crippen LogP contribution in [-0.2, 0) is 17.9 Å². The van der Waals surface area contributed by atoms with Crippen LogP contribution < -0.4 is 10.2 Å². The predicted octanol–water partition coefficient (Wildman–Crippen LogP) is 4.49. The van der Waals surface area contributed by atoms with E-state index >= 15 is 0 Å². The quantitative estimate of drug-likeness (QED) is 0.523. The number of para-hydroxylation sites is 1. The van der Waals surface area contributed by atoms with Crippen molar-refractivity contribution in [1.29, 1.82) is 0 Å². The first-order valence-electron chi connectivity index (χ1n) is 11.8. The van der Waals surface area contributed by atoms with Gasteiger partial charge < -0.3 is 15.1 Å². The normalized spacial score (nSPS) is 17.1. The Hall–Kier alpha value is -3.58. The Morgan fingerprint density at radius 3 is 2.43 bits per heavy atom. The Balaban J connectivity index is 1.30. The van der Waals surface area contributed by atoms with Gasteiger partial charge in [0.1, 0.15) is 6.04 Å². The topological polar surface area (TPSA) is 69.7 Å². The van der Waals surface area contributed by atoms with E-state index in [0.717, 1.165) is 17.5 Å². The van der Waals surface area contributed by atoms with Crippen molar-refractivity contribution in [3.63, 3.8) is 0 Å². The van der Waals surface area contributed by atoms with Crippen LogP contribution in [0.1, 0.15) is 44.7 Å². The lowest BCUT2D eigenvalue weighted by molar-refractivity contribution is -0.122. The van der Waals surface area contributed by atoms with E-state index in [1.165, 1.54) is 4.90 Å². The van der Waals surface area contributed by atoms with Crippen molar-refractivity contribution in [2.24, 2.45) is 0 Å². The van der Waals surface area contributed by atoms with Gasteiger partial charge >= 0.3 is 0 Å². The van der Waals surface area contributed by atoms with E-state index < -0.39 is 6.04 Å². The van der Waals surface area contributed by atoms with Crippen LogP contribution in [0.15, 0.2) is 77.7 Å². The minimum Gasteiger partial charge on any atom is -0.348 e. The van der Waals surface area contributed by atoms with Gasteiger partial charge in [-0.1, -0.05) is 36.4 Å². The third-order valence-electron chi connectivity index (χ3n) is 6.66. The van der Waals surface area contributed by atoms with Crippen LogP contribution >= 0.6 is 11.8 Å². The van der Waals surface area contributed by atoms with Crippen LogP contribution in [0, 0.1) is 0 Å². The fourth-order valence-corrected chi connectivity index (χ4v) is 5.15. The average molecular weight is 486 g/mol. The number of rotatable bonds is 6. The van der Waals surface area contributed by atoms with Gasteiger partial charge in [-0.15, -0.1) is 11.8 Å². The highest BCUT2D eigenvalue weighted by atomic mass is 32.2. The van der Waals surface area contributed by atoms with Crippen LogP contribution in [0.5, 0.6) is 0 Å². The highest BCUT2D eigenvalue weighted by Crippen LogP contribution is 2.33. The van der Waals surface area contributed by atoms with E-state index in [9.17, 15) is 14.4 Å². The molecule has 1 atom stereocenters. The van der Waals surface area contributed by atoms with Gasteiger partial charge in [0.15, 0.2) is 0 Å². The molecule has 2 aliphatic heterocycles. The van der Waals surface area contributed by atoms with Crippen LogP contribution in [0.2, 0.25) is 0 Å². The molecule has 1 fully saturated rings. The number of hydrogen-bond acceptors (Lipinski definition) is 4. The van der Waals surface area contributed by atoms with Crippen molar-refractivity contribution in [2.75, 3.05) is 17.7 Å². The number of benzene rings is 3. The second-order valence-electron chi connectivity index (χ2n) is 8.83. The number of thioether (sulfide) groups is 1. The van der Waals surface area contributed by atoms with Gasteiger partial charge in [-0.3, -0.25) is 14.4 Å². The van der Waals surface area contributed by atoms with Gasteiger partial charge in [-0.25, -0.2) is 0 Å². The highest BCUT2D eigenvalue weighted by molar-refractivity contribution is 7.98. The van der Waals surface area contributed by atoms with E-state index in [1.54, 1.807) is 39.8 Å². The molecule has 1 saturated heterocycles. The molecule has 0 aromatic heterocycles. The number of amides is 3. The summed E-state index contributed by atoms with van der Waals surface area (Å²) in [4.78, 5) is 43.8. The van der Waals surface area contributed by atoms with Crippen molar-refractivity contribution in [3.05, 3.63) is 95.1 Å². The summed E-state index contributed by atoms with van der Waals surface area (Å²) in [6.07, 6.45) is 3.56. The molecule has 2 aliphatic rings. The first kappa shape index (κ1) is 23.2. The van der Waals surface area contributed by atoms with Crippen LogP contribution in [0.25, 0.3) is 0 Å². The van der Waals surface area contributed by atoms with E-state index in [2.05, 4.69) is 5.32 Å². The molecule has 0 aliphatic carbocycles. The van der Waals surface area contributed by atoms with Crippen LogP contribution in [0.3, 0.4) is 0 Å². The second-order valence-corrected chi connectivity index (χ2v) is 9.71. The molecule has 5 rings (SSSR count). The summed E-state index contributed by atoms with van der Waals surface area (Å²) in [5.74, 6) is -0.266. The maximum absolute atomic E-state index is 13.4. The van der Waals surface area contributed by atoms with Crippen molar-refractivity contribution in [1.82, 2.24) is 10.2 Å². The number of carbonyl (C=O) groups excluding carboxylic acids is 3. The third-order valence-corrected chi connectivity index (χ3v) is 7.40. The minimum atomic E-state index is -0.412. The summed E-state index contributed by atoms with van der Waals surface area (Å²) in [5.41, 5.74) is 3.71. The van der Waals surface area contributed by atoms with Gasteiger partial charge in [0.2, 0.25) is 5.91 Å². The first-order chi connectivity index (χ1) is 17.0. The number of fused-ring (bicyclic) bond motifs is 2. The Labute approximate surface area is 209 Å². The molecule has 3 amide bonds. The molecular weight excluding hydrogens is 458 g/mol. The smallest absolute Gasteiger partial charge is 0.256 e. The number of nitrogens with one attached hydrogen (secondary N) is 1. The Morgan fingerprint density at radius 2 is 1.69 bits per heavy atom. The van der Waals surface area contributed by atoms with E-state index in [1.807, 2.05) is 60.9 Å². The molecule has 2 heterocycles. The molecule has 3 aromatic carbocycles. The number of anilines is 1. The lowest BCUT2D eigenvalue weighted by Crippen LogP contribution is -2.44. The van der Waals surface area contributed by atoms with E-state index in [0.29, 0.717) is 42.9 Å². The van der Waals surface area contributed by atoms with Gasteiger partial charge in [0.25, 0.3) is 11.8 Å². The standard InChI is InChI=1S/C28H27N3O3S/c1-35-22-14-10-19(11-15-22)17-29-26(32)21-12-8-20(9-13-21)18-31-24-6-3-2-5-23(24)27(33)30-16-4-7-25(30)28(31)34/h2-3,5-6,8-15,25H,4,7,16-18H2,1H3,(H,29,32). The lowest BCUT2D eigenvalue weighted by Gasteiger charge is -2.26. The summed E-state index contributed by atoms with van der Waals surface area (Å²) in [6.45, 7) is 1.42. The molecule has 0 bridgehead atoms. The molecule has 1 N–H and O–H groups in total. The van der Waals surface area contributed by atoms with Crippen molar-refractivity contribution in [3.8, 4) is 0 Å². The molecule has 0 saturated carbocycles. The molecular formula is C28H27N3O3S. The summed E-state index contributed by atoms with van der Waals surface area (Å²) in [7, 11) is 0. The molecule has 1 unspecified atom stereocenters. The molecule has 0 spiro atoms. The molecule has 6 nitrogen and oxygen atoms in total. The average Bonchev–Trinajstić information content (AvgIpc) is 3.38. The SMILES string of the molecule is CSc1ccc(CNC(=O)c2ccc(CN3C(=O)C4CCCN4C(=O)c4ccccc43)cc2)cc1. The fraction of sp³-hybridized carbons (Fsp3) is 0.250. The Morgan fingerprint density at radius 1 is 0.971 bits per heavy atom. The molecule has 7 heteroatoms. The van der Waals surface area contributed by atoms with Gasteiger partial charge in [0, 0.05) is 23.5 Å². The molecule has 3 aromatic rings.